The van der Waals surface area contributed by atoms with E-state index in [2.05, 4.69) is 71.4 Å². The van der Waals surface area contributed by atoms with E-state index in [0.717, 1.165) is 39.0 Å². The molecule has 3 nitrogen and oxygen atoms in total. The molecule has 1 atom stereocenters. The number of hydrogen-bond donors (Lipinski definition) is 1. The summed E-state index contributed by atoms with van der Waals surface area (Å²) in [6, 6.07) is 20.2. The quantitative estimate of drug-likeness (QED) is 0.855. The number of piperazine rings is 1. The summed E-state index contributed by atoms with van der Waals surface area (Å²) in [7, 11) is 2.23. The third-order valence-electron chi connectivity index (χ3n) is 5.37. The second-order valence-corrected chi connectivity index (χ2v) is 8.27. The van der Waals surface area contributed by atoms with Crippen LogP contribution in [0.15, 0.2) is 54.6 Å². The molecule has 2 aromatic carbocycles. The van der Waals surface area contributed by atoms with E-state index in [0.29, 0.717) is 6.04 Å². The summed E-state index contributed by atoms with van der Waals surface area (Å²) in [6.07, 6.45) is 1.72. The first-order valence-electron chi connectivity index (χ1n) is 9.68. The summed E-state index contributed by atoms with van der Waals surface area (Å²) in [4.78, 5) is 5.02. The molecule has 140 valence electrons. The Morgan fingerprint density at radius 1 is 0.962 bits per heavy atom. The van der Waals surface area contributed by atoms with E-state index < -0.39 is 5.60 Å². The number of aliphatic hydroxyl groups is 1. The smallest absolute Gasteiger partial charge is 0.0594 e. The molecule has 1 aliphatic rings. The van der Waals surface area contributed by atoms with Gasteiger partial charge in [0.15, 0.2) is 0 Å². The van der Waals surface area contributed by atoms with E-state index in [1.54, 1.807) is 0 Å². The van der Waals surface area contributed by atoms with Crippen LogP contribution in [0, 0.1) is 0 Å². The average molecular weight is 353 g/mol. The molecule has 1 N–H and O–H groups in total. The molecule has 0 amide bonds. The first kappa shape index (κ1) is 19.1. The Bertz CT molecular complexity index is 676. The maximum atomic E-state index is 9.88. The lowest BCUT2D eigenvalue weighted by molar-refractivity contribution is 0.0714. The Labute approximate surface area is 158 Å². The van der Waals surface area contributed by atoms with Crippen molar-refractivity contribution >= 4 is 0 Å². The standard InChI is InChI=1S/C23H32N2O/c1-23(2,26)14-13-19-9-11-20(12-10-19)17-25-16-15-24(3)22(18-25)21-7-5-4-6-8-21/h4-12,22,26H,13-18H2,1-3H3. The molecule has 0 spiro atoms. The van der Waals surface area contributed by atoms with Crippen molar-refractivity contribution in [3.8, 4) is 0 Å². The highest BCUT2D eigenvalue weighted by atomic mass is 16.3. The fourth-order valence-corrected chi connectivity index (χ4v) is 3.63. The topological polar surface area (TPSA) is 26.7 Å². The summed E-state index contributed by atoms with van der Waals surface area (Å²) < 4.78 is 0. The lowest BCUT2D eigenvalue weighted by Crippen LogP contribution is -2.46. The van der Waals surface area contributed by atoms with Crippen LogP contribution in [0.5, 0.6) is 0 Å². The zero-order valence-corrected chi connectivity index (χ0v) is 16.4. The van der Waals surface area contributed by atoms with Gasteiger partial charge >= 0.3 is 0 Å². The van der Waals surface area contributed by atoms with Crippen LogP contribution >= 0.6 is 0 Å². The fourth-order valence-electron chi connectivity index (χ4n) is 3.63. The van der Waals surface area contributed by atoms with Gasteiger partial charge in [-0.15, -0.1) is 0 Å². The number of likely N-dealkylation sites (N-methyl/N-ethyl adjacent to an activating group) is 1. The van der Waals surface area contributed by atoms with Gasteiger partial charge in [0.2, 0.25) is 0 Å². The highest BCUT2D eigenvalue weighted by Gasteiger charge is 2.25. The number of aryl methyl sites for hydroxylation is 1. The first-order chi connectivity index (χ1) is 12.4. The molecule has 26 heavy (non-hydrogen) atoms. The Kier molecular flexibility index (Phi) is 6.13. The minimum absolute atomic E-state index is 0.469. The normalized spacial score (nSPS) is 19.6. The molecule has 1 aliphatic heterocycles. The molecule has 0 saturated carbocycles. The molecular weight excluding hydrogens is 320 g/mol. The zero-order chi connectivity index (χ0) is 18.6. The van der Waals surface area contributed by atoms with E-state index in [9.17, 15) is 5.11 Å². The van der Waals surface area contributed by atoms with Gasteiger partial charge in [-0.25, -0.2) is 0 Å². The predicted octanol–water partition coefficient (Wildman–Crippen LogP) is 3.88. The fraction of sp³-hybridized carbons (Fsp3) is 0.478. The number of benzene rings is 2. The molecule has 3 heteroatoms. The van der Waals surface area contributed by atoms with E-state index in [1.165, 1.54) is 16.7 Å². The van der Waals surface area contributed by atoms with Gasteiger partial charge in [-0.3, -0.25) is 9.80 Å². The van der Waals surface area contributed by atoms with E-state index in [1.807, 2.05) is 13.8 Å². The molecule has 2 aromatic rings. The van der Waals surface area contributed by atoms with Crippen LogP contribution in [0.1, 0.15) is 43.0 Å². The van der Waals surface area contributed by atoms with Crippen molar-refractivity contribution in [1.29, 1.82) is 0 Å². The van der Waals surface area contributed by atoms with Crippen LogP contribution in [-0.4, -0.2) is 47.2 Å². The molecule has 0 radical (unpaired) electrons. The van der Waals surface area contributed by atoms with Crippen molar-refractivity contribution < 1.29 is 5.11 Å². The van der Waals surface area contributed by atoms with Crippen LogP contribution in [-0.2, 0) is 13.0 Å². The SMILES string of the molecule is CN1CCN(Cc2ccc(CCC(C)(C)O)cc2)CC1c1ccccc1. The molecule has 0 aliphatic carbocycles. The van der Waals surface area contributed by atoms with Crippen LogP contribution in [0.25, 0.3) is 0 Å². The van der Waals surface area contributed by atoms with Gasteiger partial charge in [-0.05, 0) is 50.4 Å². The third-order valence-corrected chi connectivity index (χ3v) is 5.37. The van der Waals surface area contributed by atoms with Gasteiger partial charge in [-0.1, -0.05) is 54.6 Å². The second-order valence-electron chi connectivity index (χ2n) is 8.27. The highest BCUT2D eigenvalue weighted by molar-refractivity contribution is 5.24. The molecule has 1 unspecified atom stereocenters. The maximum absolute atomic E-state index is 9.88. The van der Waals surface area contributed by atoms with Gasteiger partial charge in [-0.2, -0.15) is 0 Å². The second kappa shape index (κ2) is 8.34. The van der Waals surface area contributed by atoms with Crippen molar-refractivity contribution in [1.82, 2.24) is 9.80 Å². The van der Waals surface area contributed by atoms with Crippen LogP contribution in [0.2, 0.25) is 0 Å². The van der Waals surface area contributed by atoms with Crippen molar-refractivity contribution in [2.75, 3.05) is 26.7 Å². The van der Waals surface area contributed by atoms with Gasteiger partial charge in [0.05, 0.1) is 5.60 Å². The summed E-state index contributed by atoms with van der Waals surface area (Å²) >= 11 is 0. The Morgan fingerprint density at radius 2 is 1.62 bits per heavy atom. The highest BCUT2D eigenvalue weighted by Crippen LogP contribution is 2.25. The monoisotopic (exact) mass is 352 g/mol. The molecule has 1 heterocycles. The summed E-state index contributed by atoms with van der Waals surface area (Å²) in [6.45, 7) is 8.03. The predicted molar refractivity (Wildman–Crippen MR) is 108 cm³/mol. The summed E-state index contributed by atoms with van der Waals surface area (Å²) in [5, 5.41) is 9.88. The Morgan fingerprint density at radius 3 is 2.27 bits per heavy atom. The number of nitrogens with zero attached hydrogens (tertiary/aromatic N) is 2. The van der Waals surface area contributed by atoms with Crippen molar-refractivity contribution in [3.63, 3.8) is 0 Å². The van der Waals surface area contributed by atoms with Gasteiger partial charge in [0.25, 0.3) is 0 Å². The molecule has 1 saturated heterocycles. The van der Waals surface area contributed by atoms with Gasteiger partial charge in [0.1, 0.15) is 0 Å². The van der Waals surface area contributed by atoms with Crippen molar-refractivity contribution in [2.45, 2.75) is 44.9 Å². The molecule has 1 fully saturated rings. The lowest BCUT2D eigenvalue weighted by atomic mass is 9.98. The van der Waals surface area contributed by atoms with E-state index >= 15 is 0 Å². The number of hydrogen-bond acceptors (Lipinski definition) is 3. The maximum Gasteiger partial charge on any atom is 0.0594 e. The first-order valence-corrected chi connectivity index (χ1v) is 9.68. The van der Waals surface area contributed by atoms with Crippen LogP contribution in [0.4, 0.5) is 0 Å². The van der Waals surface area contributed by atoms with Gasteiger partial charge < -0.3 is 5.11 Å². The minimum atomic E-state index is -0.592. The lowest BCUT2D eigenvalue weighted by Gasteiger charge is -2.39. The molecule has 0 bridgehead atoms. The Balaban J connectivity index is 1.58. The van der Waals surface area contributed by atoms with Crippen LogP contribution < -0.4 is 0 Å². The van der Waals surface area contributed by atoms with Crippen LogP contribution in [0.3, 0.4) is 0 Å². The summed E-state index contributed by atoms with van der Waals surface area (Å²) in [5.74, 6) is 0. The zero-order valence-electron chi connectivity index (χ0n) is 16.4. The summed E-state index contributed by atoms with van der Waals surface area (Å²) in [5.41, 5.74) is 3.48. The molecule has 3 rings (SSSR count). The largest absolute Gasteiger partial charge is 0.390 e. The van der Waals surface area contributed by atoms with Crippen molar-refractivity contribution in [3.05, 3.63) is 71.3 Å². The Hall–Kier alpha value is -1.68. The number of rotatable bonds is 6. The average Bonchev–Trinajstić information content (AvgIpc) is 2.63. The van der Waals surface area contributed by atoms with E-state index in [4.69, 9.17) is 0 Å². The molecule has 0 aromatic heterocycles. The van der Waals surface area contributed by atoms with E-state index in [-0.39, 0.29) is 0 Å². The third kappa shape index (κ3) is 5.41. The van der Waals surface area contributed by atoms with Crippen molar-refractivity contribution in [2.24, 2.45) is 0 Å². The minimum Gasteiger partial charge on any atom is -0.390 e. The van der Waals surface area contributed by atoms with Gasteiger partial charge in [0, 0.05) is 32.2 Å². The molecular formula is C23H32N2O.